The third kappa shape index (κ3) is 5.83. The molecule has 0 saturated heterocycles. The van der Waals surface area contributed by atoms with E-state index in [1.165, 1.54) is 0 Å². The third-order valence-electron chi connectivity index (χ3n) is 9.26. The van der Waals surface area contributed by atoms with Crippen molar-refractivity contribution >= 4 is 22.7 Å². The molecule has 0 fully saturated rings. The molecule has 0 N–H and O–H groups in total. The number of esters is 2. The standard InChI is InChI=1S/C39H40O9/c1-5-36(40)47-21-19-44-18-20-45-34-16-17-35(28-11-7-6-10-27(28)34)46-22-23-48-37(41)33-25-38(42-3)29-12-8-9-13-30(29)39(33,43-4)31-15-14-26(2)24-32(31)38/h5-17,24,33H,1,18-23,25H2,2-4H3. The first-order chi connectivity index (χ1) is 23.4. The van der Waals surface area contributed by atoms with Crippen molar-refractivity contribution in [3.8, 4) is 11.5 Å². The van der Waals surface area contributed by atoms with E-state index in [1.807, 2.05) is 60.7 Å². The van der Waals surface area contributed by atoms with Crippen molar-refractivity contribution in [1.82, 2.24) is 0 Å². The van der Waals surface area contributed by atoms with Gasteiger partial charge in [-0.3, -0.25) is 4.79 Å². The number of carbonyl (C=O) groups excluding carboxylic acids is 2. The second-order valence-electron chi connectivity index (χ2n) is 11.8. The number of aryl methyl sites for hydroxylation is 1. The summed E-state index contributed by atoms with van der Waals surface area (Å²) in [5, 5.41) is 1.75. The summed E-state index contributed by atoms with van der Waals surface area (Å²) >= 11 is 0. The van der Waals surface area contributed by atoms with Gasteiger partial charge in [0.2, 0.25) is 0 Å². The molecule has 0 radical (unpaired) electrons. The number of ether oxygens (including phenoxy) is 7. The Labute approximate surface area is 280 Å². The Morgan fingerprint density at radius 1 is 0.729 bits per heavy atom. The van der Waals surface area contributed by atoms with Gasteiger partial charge in [-0.2, -0.15) is 0 Å². The lowest BCUT2D eigenvalue weighted by Gasteiger charge is -2.56. The Morgan fingerprint density at radius 2 is 1.33 bits per heavy atom. The third-order valence-corrected chi connectivity index (χ3v) is 9.26. The van der Waals surface area contributed by atoms with E-state index in [9.17, 15) is 9.59 Å². The molecular formula is C39H40O9. The summed E-state index contributed by atoms with van der Waals surface area (Å²) in [7, 11) is 3.36. The van der Waals surface area contributed by atoms with Crippen LogP contribution in [0.25, 0.3) is 10.8 Å². The maximum atomic E-state index is 13.9. The van der Waals surface area contributed by atoms with Gasteiger partial charge in [-0.15, -0.1) is 0 Å². The monoisotopic (exact) mass is 652 g/mol. The zero-order chi connectivity index (χ0) is 33.7. The van der Waals surface area contributed by atoms with Crippen LogP contribution in [0.1, 0.15) is 34.2 Å². The Morgan fingerprint density at radius 3 is 2.00 bits per heavy atom. The lowest BCUT2D eigenvalue weighted by Crippen LogP contribution is -2.58. The van der Waals surface area contributed by atoms with Crippen molar-refractivity contribution in [3.63, 3.8) is 0 Å². The zero-order valence-electron chi connectivity index (χ0n) is 27.5. The van der Waals surface area contributed by atoms with E-state index in [2.05, 4.69) is 31.7 Å². The van der Waals surface area contributed by atoms with E-state index >= 15 is 0 Å². The van der Waals surface area contributed by atoms with E-state index in [0.717, 1.165) is 44.7 Å². The molecule has 2 bridgehead atoms. The minimum Gasteiger partial charge on any atom is -0.491 e. The molecule has 0 amide bonds. The molecule has 9 nitrogen and oxygen atoms in total. The van der Waals surface area contributed by atoms with Crippen LogP contribution in [0.15, 0.2) is 91.5 Å². The van der Waals surface area contributed by atoms with E-state index in [0.29, 0.717) is 31.1 Å². The van der Waals surface area contributed by atoms with E-state index in [-0.39, 0.29) is 32.4 Å². The first kappa shape index (κ1) is 33.2. The number of carbonyl (C=O) groups is 2. The van der Waals surface area contributed by atoms with Crippen LogP contribution in [0.5, 0.6) is 11.5 Å². The Balaban J connectivity index is 1.11. The Hall–Kier alpha value is -4.70. The van der Waals surface area contributed by atoms with Gasteiger partial charge in [0.15, 0.2) is 0 Å². The Kier molecular flexibility index (Phi) is 9.82. The van der Waals surface area contributed by atoms with Gasteiger partial charge in [-0.05, 0) is 41.3 Å². The molecule has 0 saturated carbocycles. The van der Waals surface area contributed by atoms with Gasteiger partial charge in [0.25, 0.3) is 0 Å². The minimum atomic E-state index is -1.01. The topological polar surface area (TPSA) is 98.8 Å². The molecule has 0 heterocycles. The number of benzene rings is 4. The van der Waals surface area contributed by atoms with Crippen molar-refractivity contribution in [3.05, 3.63) is 119 Å². The average Bonchev–Trinajstić information content (AvgIpc) is 3.12. The first-order valence-electron chi connectivity index (χ1n) is 16.0. The van der Waals surface area contributed by atoms with Crippen molar-refractivity contribution < 1.29 is 42.7 Å². The highest BCUT2D eigenvalue weighted by Gasteiger charge is 2.64. The van der Waals surface area contributed by atoms with Gasteiger partial charge in [0.05, 0.1) is 19.1 Å². The maximum absolute atomic E-state index is 13.9. The SMILES string of the molecule is C=CC(=O)OCCOCCOc1ccc(OCCOC(=O)C2CC3(OC)c4ccccc4C2(OC)c2ccc(C)cc23)c2ccccc12. The van der Waals surface area contributed by atoms with Crippen LogP contribution in [-0.4, -0.2) is 65.8 Å². The van der Waals surface area contributed by atoms with Crippen LogP contribution >= 0.6 is 0 Å². The summed E-state index contributed by atoms with van der Waals surface area (Å²) in [4.78, 5) is 25.0. The molecule has 9 heteroatoms. The molecule has 4 aromatic rings. The maximum Gasteiger partial charge on any atom is 0.330 e. The molecule has 7 rings (SSSR count). The minimum absolute atomic E-state index is 0.0591. The second-order valence-corrected chi connectivity index (χ2v) is 11.8. The summed E-state index contributed by atoms with van der Waals surface area (Å²) in [5.74, 6) is -0.139. The normalized spacial score (nSPS) is 20.4. The lowest BCUT2D eigenvalue weighted by molar-refractivity contribution is -0.173. The fourth-order valence-electron chi connectivity index (χ4n) is 7.17. The van der Waals surface area contributed by atoms with Crippen LogP contribution in [0.4, 0.5) is 0 Å². The summed E-state index contributed by atoms with van der Waals surface area (Å²) in [6.45, 7) is 6.70. The second kappa shape index (κ2) is 14.2. The van der Waals surface area contributed by atoms with Crippen LogP contribution in [0.3, 0.4) is 0 Å². The summed E-state index contributed by atoms with van der Waals surface area (Å²) < 4.78 is 41.0. The fraction of sp³-hybridized carbons (Fsp3) is 0.333. The van der Waals surface area contributed by atoms with Gasteiger partial charge in [-0.1, -0.05) is 78.9 Å². The highest BCUT2D eigenvalue weighted by Crippen LogP contribution is 2.62. The molecule has 0 spiro atoms. The van der Waals surface area contributed by atoms with Crippen molar-refractivity contribution in [1.29, 1.82) is 0 Å². The molecule has 3 unspecified atom stereocenters. The van der Waals surface area contributed by atoms with Crippen molar-refractivity contribution in [2.24, 2.45) is 5.92 Å². The molecule has 250 valence electrons. The fourth-order valence-corrected chi connectivity index (χ4v) is 7.17. The highest BCUT2D eigenvalue weighted by molar-refractivity contribution is 5.93. The summed E-state index contributed by atoms with van der Waals surface area (Å²) in [6.07, 6.45) is 1.51. The van der Waals surface area contributed by atoms with Gasteiger partial charge < -0.3 is 33.2 Å². The van der Waals surface area contributed by atoms with E-state index < -0.39 is 23.1 Å². The van der Waals surface area contributed by atoms with Crippen LogP contribution < -0.4 is 9.47 Å². The van der Waals surface area contributed by atoms with Crippen LogP contribution in [0.2, 0.25) is 0 Å². The van der Waals surface area contributed by atoms with E-state index in [1.54, 1.807) is 14.2 Å². The van der Waals surface area contributed by atoms with Gasteiger partial charge in [0.1, 0.15) is 49.1 Å². The molecule has 3 atom stereocenters. The summed E-state index contributed by atoms with van der Waals surface area (Å²) in [6, 6.07) is 25.7. The molecule has 0 aliphatic heterocycles. The molecule has 48 heavy (non-hydrogen) atoms. The smallest absolute Gasteiger partial charge is 0.330 e. The van der Waals surface area contributed by atoms with Gasteiger partial charge in [0, 0.05) is 37.5 Å². The zero-order valence-corrected chi connectivity index (χ0v) is 27.5. The largest absolute Gasteiger partial charge is 0.491 e. The number of hydrogen-bond acceptors (Lipinski definition) is 9. The molecule has 0 aromatic heterocycles. The van der Waals surface area contributed by atoms with Crippen molar-refractivity contribution in [2.75, 3.05) is 53.9 Å². The number of fused-ring (bicyclic) bond motifs is 2. The lowest BCUT2D eigenvalue weighted by atomic mass is 9.54. The number of hydrogen-bond donors (Lipinski definition) is 0. The highest BCUT2D eigenvalue weighted by atomic mass is 16.6. The molecule has 3 aliphatic rings. The van der Waals surface area contributed by atoms with Gasteiger partial charge >= 0.3 is 11.9 Å². The Bertz CT molecular complexity index is 1820. The molecular weight excluding hydrogens is 612 g/mol. The predicted octanol–water partition coefficient (Wildman–Crippen LogP) is 6.01. The van der Waals surface area contributed by atoms with Crippen LogP contribution in [-0.2, 0) is 44.5 Å². The number of rotatable bonds is 15. The van der Waals surface area contributed by atoms with Crippen LogP contribution in [0, 0.1) is 12.8 Å². The van der Waals surface area contributed by atoms with Crippen molar-refractivity contribution in [2.45, 2.75) is 24.5 Å². The average molecular weight is 653 g/mol. The quantitative estimate of drug-likeness (QED) is 0.0869. The number of methoxy groups -OCH3 is 2. The van der Waals surface area contributed by atoms with Gasteiger partial charge in [-0.25, -0.2) is 4.79 Å². The molecule has 3 aliphatic carbocycles. The predicted molar refractivity (Wildman–Crippen MR) is 179 cm³/mol. The van der Waals surface area contributed by atoms with E-state index in [4.69, 9.17) is 33.2 Å². The molecule has 4 aromatic carbocycles. The summed E-state index contributed by atoms with van der Waals surface area (Å²) in [5.41, 5.74) is 3.19. The first-order valence-corrected chi connectivity index (χ1v) is 16.0.